The highest BCUT2D eigenvalue weighted by Crippen LogP contribution is 2.30. The van der Waals surface area contributed by atoms with Gasteiger partial charge in [-0.2, -0.15) is 5.10 Å². The summed E-state index contributed by atoms with van der Waals surface area (Å²) in [6, 6.07) is 7.66. The number of aromatic nitrogens is 2. The maximum atomic E-state index is 11.5. The number of carbonyl (C=O) groups is 1. The molecular weight excluding hydrogens is 328 g/mol. The molecule has 6 nitrogen and oxygen atoms in total. The second-order valence-corrected chi connectivity index (χ2v) is 6.60. The molecule has 3 rings (SSSR count). The van der Waals surface area contributed by atoms with Crippen molar-refractivity contribution in [3.05, 3.63) is 41.0 Å². The molecule has 1 saturated heterocycles. The van der Waals surface area contributed by atoms with Crippen molar-refractivity contribution >= 4 is 17.5 Å². The van der Waals surface area contributed by atoms with Gasteiger partial charge in [0.1, 0.15) is 6.10 Å². The Morgan fingerprint density at radius 3 is 2.88 bits per heavy atom. The van der Waals surface area contributed by atoms with Gasteiger partial charge in [-0.3, -0.25) is 14.4 Å². The summed E-state index contributed by atoms with van der Waals surface area (Å²) in [4.78, 5) is 13.6. The number of benzene rings is 1. The van der Waals surface area contributed by atoms with Crippen LogP contribution >= 0.6 is 11.6 Å². The molecule has 2 aromatic rings. The molecule has 0 unspecified atom stereocenters. The monoisotopic (exact) mass is 348 g/mol. The van der Waals surface area contributed by atoms with E-state index >= 15 is 0 Å². The maximum Gasteiger partial charge on any atom is 0.247 e. The van der Waals surface area contributed by atoms with Crippen molar-refractivity contribution in [3.8, 4) is 11.3 Å². The normalized spacial score (nSPS) is 21.8. The van der Waals surface area contributed by atoms with Crippen LogP contribution in [0, 0.1) is 0 Å². The number of halogens is 1. The number of hydrogen-bond donors (Lipinski definition) is 1. The van der Waals surface area contributed by atoms with Gasteiger partial charge in [0, 0.05) is 44.0 Å². The molecule has 1 aliphatic rings. The van der Waals surface area contributed by atoms with Crippen LogP contribution in [0.3, 0.4) is 0 Å². The van der Waals surface area contributed by atoms with E-state index in [2.05, 4.69) is 10.00 Å². The molecule has 0 spiro atoms. The lowest BCUT2D eigenvalue weighted by Crippen LogP contribution is -2.51. The number of hydrogen-bond acceptors (Lipinski definition) is 4. The molecule has 1 aromatic heterocycles. The van der Waals surface area contributed by atoms with Gasteiger partial charge in [-0.15, -0.1) is 0 Å². The summed E-state index contributed by atoms with van der Waals surface area (Å²) < 4.78 is 7.38. The fourth-order valence-corrected chi connectivity index (χ4v) is 3.32. The van der Waals surface area contributed by atoms with E-state index in [0.29, 0.717) is 18.1 Å². The summed E-state index contributed by atoms with van der Waals surface area (Å²) in [6.07, 6.45) is 1.36. The van der Waals surface area contributed by atoms with Gasteiger partial charge in [0.15, 0.2) is 0 Å². The van der Waals surface area contributed by atoms with E-state index < -0.39 is 12.0 Å². The number of amides is 1. The van der Waals surface area contributed by atoms with Gasteiger partial charge in [-0.25, -0.2) is 0 Å². The molecule has 128 valence electrons. The molecule has 2 heterocycles. The smallest absolute Gasteiger partial charge is 0.247 e. The molecule has 0 saturated carbocycles. The van der Waals surface area contributed by atoms with Crippen LogP contribution < -0.4 is 5.73 Å². The summed E-state index contributed by atoms with van der Waals surface area (Å²) in [5.74, 6) is -0.427. The van der Waals surface area contributed by atoms with Crippen LogP contribution in [0.15, 0.2) is 30.5 Å². The second-order valence-electron chi connectivity index (χ2n) is 6.19. The van der Waals surface area contributed by atoms with Crippen LogP contribution in [-0.4, -0.2) is 45.9 Å². The highest BCUT2D eigenvalue weighted by atomic mass is 35.5. The lowest BCUT2D eigenvalue weighted by molar-refractivity contribution is -0.142. The molecule has 2 atom stereocenters. The van der Waals surface area contributed by atoms with Gasteiger partial charge in [-0.1, -0.05) is 29.8 Å². The second kappa shape index (κ2) is 6.93. The molecule has 1 fully saturated rings. The van der Waals surface area contributed by atoms with Crippen molar-refractivity contribution in [2.24, 2.45) is 12.8 Å². The fourth-order valence-electron chi connectivity index (χ4n) is 3.10. The Labute approximate surface area is 146 Å². The van der Waals surface area contributed by atoms with E-state index in [9.17, 15) is 4.79 Å². The summed E-state index contributed by atoms with van der Waals surface area (Å²) in [5.41, 5.74) is 8.23. The van der Waals surface area contributed by atoms with E-state index in [4.69, 9.17) is 22.1 Å². The van der Waals surface area contributed by atoms with Crippen LogP contribution in [-0.2, 0) is 23.1 Å². The van der Waals surface area contributed by atoms with Crippen molar-refractivity contribution < 1.29 is 9.53 Å². The molecule has 1 aliphatic heterocycles. The van der Waals surface area contributed by atoms with Crippen LogP contribution in [0.25, 0.3) is 11.3 Å². The van der Waals surface area contributed by atoms with Crippen LogP contribution in [0.5, 0.6) is 0 Å². The number of morpholine rings is 1. The third-order valence-corrected chi connectivity index (χ3v) is 4.41. The van der Waals surface area contributed by atoms with Gasteiger partial charge >= 0.3 is 0 Å². The Morgan fingerprint density at radius 2 is 2.17 bits per heavy atom. The van der Waals surface area contributed by atoms with Gasteiger partial charge in [0.25, 0.3) is 0 Å². The lowest BCUT2D eigenvalue weighted by atomic mass is 10.1. The first-order valence-electron chi connectivity index (χ1n) is 7.88. The number of ether oxygens (including phenoxy) is 1. The summed E-state index contributed by atoms with van der Waals surface area (Å²) in [5, 5.41) is 5.23. The third kappa shape index (κ3) is 3.61. The summed E-state index contributed by atoms with van der Waals surface area (Å²) in [7, 11) is 1.89. The van der Waals surface area contributed by atoms with Gasteiger partial charge in [-0.05, 0) is 13.0 Å². The largest absolute Gasteiger partial charge is 0.367 e. The minimum atomic E-state index is -0.575. The summed E-state index contributed by atoms with van der Waals surface area (Å²) in [6.45, 7) is 3.82. The Bertz CT molecular complexity index is 746. The zero-order chi connectivity index (χ0) is 17.3. The number of aryl methyl sites for hydroxylation is 1. The van der Waals surface area contributed by atoms with E-state index in [0.717, 1.165) is 23.4 Å². The molecule has 0 radical (unpaired) electrons. The number of nitrogens with zero attached hydrogens (tertiary/aromatic N) is 3. The molecule has 1 amide bonds. The first-order chi connectivity index (χ1) is 11.4. The predicted octanol–water partition coefficient (Wildman–Crippen LogP) is 1.82. The van der Waals surface area contributed by atoms with Gasteiger partial charge in [0.05, 0.1) is 16.8 Å². The Morgan fingerprint density at radius 1 is 1.42 bits per heavy atom. The molecule has 2 N–H and O–H groups in total. The van der Waals surface area contributed by atoms with Crippen molar-refractivity contribution in [3.63, 3.8) is 0 Å². The molecule has 0 bridgehead atoms. The molecular formula is C17H21ClN4O2. The van der Waals surface area contributed by atoms with Crippen LogP contribution in [0.1, 0.15) is 12.5 Å². The average molecular weight is 349 g/mol. The third-order valence-electron chi connectivity index (χ3n) is 4.08. The molecule has 24 heavy (non-hydrogen) atoms. The Balaban J connectivity index is 1.86. The fraction of sp³-hybridized carbons (Fsp3) is 0.412. The van der Waals surface area contributed by atoms with Crippen molar-refractivity contribution in [2.75, 3.05) is 13.1 Å². The zero-order valence-corrected chi connectivity index (χ0v) is 14.5. The predicted molar refractivity (Wildman–Crippen MR) is 92.5 cm³/mol. The number of rotatable bonds is 4. The van der Waals surface area contributed by atoms with Crippen LogP contribution in [0.2, 0.25) is 5.02 Å². The molecule has 7 heteroatoms. The van der Waals surface area contributed by atoms with E-state index in [-0.39, 0.29) is 6.10 Å². The topological polar surface area (TPSA) is 73.4 Å². The minimum Gasteiger partial charge on any atom is -0.367 e. The molecule has 0 aliphatic carbocycles. The highest BCUT2D eigenvalue weighted by molar-refractivity contribution is 6.33. The van der Waals surface area contributed by atoms with E-state index in [1.807, 2.05) is 44.4 Å². The Kier molecular flexibility index (Phi) is 4.89. The maximum absolute atomic E-state index is 11.5. The zero-order valence-electron chi connectivity index (χ0n) is 13.8. The summed E-state index contributed by atoms with van der Waals surface area (Å²) >= 11 is 6.33. The standard InChI is InChI=1S/C17H21ClN4O2/c1-11-7-22(10-15(24-11)17(19)23)9-12-8-21(2)20-16(12)13-5-3-4-6-14(13)18/h3-6,8,11,15H,7,9-10H2,1-2H3,(H2,19,23)/t11-,15-/m1/s1. The minimum absolute atomic E-state index is 0.0447. The van der Waals surface area contributed by atoms with Crippen LogP contribution in [0.4, 0.5) is 0 Å². The number of primary amides is 1. The van der Waals surface area contributed by atoms with E-state index in [1.54, 1.807) is 4.68 Å². The first kappa shape index (κ1) is 17.0. The average Bonchev–Trinajstić information content (AvgIpc) is 2.87. The molecule has 1 aromatic carbocycles. The Hall–Kier alpha value is -1.89. The SMILES string of the molecule is C[C@@H]1CN(Cc2cn(C)nc2-c2ccccc2Cl)C[C@H](C(N)=O)O1. The lowest BCUT2D eigenvalue weighted by Gasteiger charge is -2.35. The van der Waals surface area contributed by atoms with Gasteiger partial charge in [0.2, 0.25) is 5.91 Å². The van der Waals surface area contributed by atoms with Crippen molar-refractivity contribution in [1.82, 2.24) is 14.7 Å². The quantitative estimate of drug-likeness (QED) is 0.914. The highest BCUT2D eigenvalue weighted by Gasteiger charge is 2.29. The number of carbonyl (C=O) groups excluding carboxylic acids is 1. The van der Waals surface area contributed by atoms with Crippen molar-refractivity contribution in [1.29, 1.82) is 0 Å². The number of nitrogens with two attached hydrogens (primary N) is 1. The van der Waals surface area contributed by atoms with E-state index in [1.165, 1.54) is 0 Å². The van der Waals surface area contributed by atoms with Crippen molar-refractivity contribution in [2.45, 2.75) is 25.7 Å². The van der Waals surface area contributed by atoms with Gasteiger partial charge < -0.3 is 10.5 Å². The first-order valence-corrected chi connectivity index (χ1v) is 8.26.